The number of nitrogens with zero attached hydrogens (tertiary/aromatic N) is 6. The van der Waals surface area contributed by atoms with Gasteiger partial charge in [0, 0.05) is 62.3 Å². The molecule has 0 amide bonds. The highest BCUT2D eigenvalue weighted by molar-refractivity contribution is 7.90. The third-order valence-corrected chi connectivity index (χ3v) is 7.05. The Balaban J connectivity index is 1.51. The van der Waals surface area contributed by atoms with Crippen LogP contribution in [-0.2, 0) is 9.84 Å². The van der Waals surface area contributed by atoms with Crippen LogP contribution in [0.1, 0.15) is 24.3 Å². The van der Waals surface area contributed by atoms with Gasteiger partial charge in [-0.3, -0.25) is 9.88 Å². The summed E-state index contributed by atoms with van der Waals surface area (Å²) in [6, 6.07) is 3.65. The van der Waals surface area contributed by atoms with E-state index in [0.29, 0.717) is 24.1 Å². The molecule has 0 spiro atoms. The molecule has 2 aliphatic rings. The first-order valence-corrected chi connectivity index (χ1v) is 13.0. The lowest BCUT2D eigenvalue weighted by Gasteiger charge is -2.36. The Kier molecular flexibility index (Phi) is 5.42. The van der Waals surface area contributed by atoms with Crippen LogP contribution in [0.3, 0.4) is 0 Å². The van der Waals surface area contributed by atoms with E-state index in [9.17, 15) is 8.42 Å². The number of anilines is 2. The topological polar surface area (TPSA) is 118 Å². The van der Waals surface area contributed by atoms with Crippen molar-refractivity contribution in [1.82, 2.24) is 24.8 Å². The van der Waals surface area contributed by atoms with E-state index in [0.717, 1.165) is 48.5 Å². The summed E-state index contributed by atoms with van der Waals surface area (Å²) >= 11 is 0. The smallest absolute Gasteiger partial charge is 0.162 e. The molecular formula is C22H27N7O2S. The maximum Gasteiger partial charge on any atom is 0.162 e. The molecule has 168 valence electrons. The van der Waals surface area contributed by atoms with Gasteiger partial charge in [-0.2, -0.15) is 0 Å². The van der Waals surface area contributed by atoms with Gasteiger partial charge in [0.2, 0.25) is 0 Å². The first kappa shape index (κ1) is 21.0. The molecule has 1 saturated carbocycles. The van der Waals surface area contributed by atoms with E-state index >= 15 is 0 Å². The molecule has 4 heterocycles. The van der Waals surface area contributed by atoms with Crippen LogP contribution in [-0.4, -0.2) is 78.0 Å². The molecule has 3 aromatic rings. The molecular weight excluding hydrogens is 426 g/mol. The molecule has 0 atom stereocenters. The average molecular weight is 454 g/mol. The zero-order chi connectivity index (χ0) is 22.3. The molecule has 9 nitrogen and oxygen atoms in total. The number of hydrogen-bond donors (Lipinski definition) is 1. The van der Waals surface area contributed by atoms with Gasteiger partial charge in [-0.1, -0.05) is 0 Å². The maximum atomic E-state index is 11.5. The molecule has 1 aliphatic carbocycles. The molecule has 0 radical (unpaired) electrons. The number of nitrogens with two attached hydrogens (primary N) is 1. The predicted octanol–water partition coefficient (Wildman–Crippen LogP) is 1.71. The van der Waals surface area contributed by atoms with Crippen molar-refractivity contribution in [3.05, 3.63) is 36.3 Å². The minimum Gasteiger partial charge on any atom is -0.384 e. The fourth-order valence-electron chi connectivity index (χ4n) is 4.22. The summed E-state index contributed by atoms with van der Waals surface area (Å²) in [7, 11) is -2.96. The summed E-state index contributed by atoms with van der Waals surface area (Å²) in [6.07, 6.45) is 9.06. The third-order valence-electron chi connectivity index (χ3n) is 6.12. The van der Waals surface area contributed by atoms with E-state index in [1.54, 1.807) is 12.3 Å². The van der Waals surface area contributed by atoms with Crippen molar-refractivity contribution >= 4 is 32.4 Å². The van der Waals surface area contributed by atoms with Crippen molar-refractivity contribution < 1.29 is 8.42 Å². The van der Waals surface area contributed by atoms with Crippen molar-refractivity contribution in [3.63, 3.8) is 0 Å². The van der Waals surface area contributed by atoms with Crippen molar-refractivity contribution in [2.24, 2.45) is 0 Å². The summed E-state index contributed by atoms with van der Waals surface area (Å²) < 4.78 is 23.1. The minimum absolute atomic E-state index is 0.189. The standard InChI is InChI=1S/C22H27N7O2S/c1-32(30,31)11-10-28-6-8-29(9-7-28)22-20-17(15-2-3-15)13-24-14-18(20)26-21(27-22)16-4-5-25-19(23)12-16/h4-5,12-15H,2-3,6-11H2,1H3,(H2,23,25). The monoisotopic (exact) mass is 453 g/mol. The summed E-state index contributed by atoms with van der Waals surface area (Å²) in [5, 5.41) is 1.08. The van der Waals surface area contributed by atoms with E-state index in [-0.39, 0.29) is 5.75 Å². The van der Waals surface area contributed by atoms with Crippen LogP contribution < -0.4 is 10.6 Å². The van der Waals surface area contributed by atoms with Crippen LogP contribution in [0.15, 0.2) is 30.7 Å². The van der Waals surface area contributed by atoms with Crippen LogP contribution in [0.4, 0.5) is 11.6 Å². The second kappa shape index (κ2) is 8.25. The van der Waals surface area contributed by atoms with Crippen molar-refractivity contribution in [2.45, 2.75) is 18.8 Å². The number of hydrogen-bond acceptors (Lipinski definition) is 9. The van der Waals surface area contributed by atoms with Crippen LogP contribution in [0, 0.1) is 0 Å². The summed E-state index contributed by atoms with van der Waals surface area (Å²) in [6.45, 7) is 3.71. The Morgan fingerprint density at radius 1 is 1.12 bits per heavy atom. The van der Waals surface area contributed by atoms with E-state index in [4.69, 9.17) is 15.7 Å². The molecule has 0 unspecified atom stereocenters. The first-order chi connectivity index (χ1) is 15.4. The van der Waals surface area contributed by atoms with Gasteiger partial charge >= 0.3 is 0 Å². The quantitative estimate of drug-likeness (QED) is 0.595. The van der Waals surface area contributed by atoms with Gasteiger partial charge in [0.1, 0.15) is 21.5 Å². The Morgan fingerprint density at radius 2 is 1.91 bits per heavy atom. The van der Waals surface area contributed by atoms with Gasteiger partial charge in [-0.25, -0.2) is 23.4 Å². The summed E-state index contributed by atoms with van der Waals surface area (Å²) in [5.41, 5.74) is 8.78. The van der Waals surface area contributed by atoms with Crippen molar-refractivity contribution in [1.29, 1.82) is 0 Å². The Morgan fingerprint density at radius 3 is 2.59 bits per heavy atom. The van der Waals surface area contributed by atoms with E-state index in [1.807, 2.05) is 18.5 Å². The fourth-order valence-corrected chi connectivity index (χ4v) is 4.81. The molecule has 2 fully saturated rings. The molecule has 10 heteroatoms. The van der Waals surface area contributed by atoms with Gasteiger partial charge in [0.25, 0.3) is 0 Å². The molecule has 32 heavy (non-hydrogen) atoms. The highest BCUT2D eigenvalue weighted by Gasteiger charge is 2.30. The lowest BCUT2D eigenvalue weighted by molar-refractivity contribution is 0.271. The fraction of sp³-hybridized carbons (Fsp3) is 0.455. The van der Waals surface area contributed by atoms with Crippen molar-refractivity contribution in [3.8, 4) is 11.4 Å². The number of piperazine rings is 1. The molecule has 0 aromatic carbocycles. The van der Waals surface area contributed by atoms with E-state index in [2.05, 4.69) is 19.8 Å². The van der Waals surface area contributed by atoms with Crippen LogP contribution in [0.5, 0.6) is 0 Å². The Bertz CT molecular complexity index is 1250. The average Bonchev–Trinajstić information content (AvgIpc) is 3.62. The molecule has 1 saturated heterocycles. The van der Waals surface area contributed by atoms with Crippen molar-refractivity contribution in [2.75, 3.05) is 55.4 Å². The zero-order valence-electron chi connectivity index (χ0n) is 18.1. The Hall–Kier alpha value is -2.85. The van der Waals surface area contributed by atoms with E-state index < -0.39 is 9.84 Å². The van der Waals surface area contributed by atoms with Gasteiger partial charge in [0.15, 0.2) is 5.82 Å². The van der Waals surface area contributed by atoms with Gasteiger partial charge in [-0.15, -0.1) is 0 Å². The second-order valence-corrected chi connectivity index (χ2v) is 11.0. The Labute approximate surface area is 187 Å². The van der Waals surface area contributed by atoms with Gasteiger partial charge < -0.3 is 10.6 Å². The predicted molar refractivity (Wildman–Crippen MR) is 125 cm³/mol. The maximum absolute atomic E-state index is 11.5. The highest BCUT2D eigenvalue weighted by Crippen LogP contribution is 2.44. The number of pyridine rings is 2. The third kappa shape index (κ3) is 4.51. The molecule has 2 N–H and O–H groups in total. The lowest BCUT2D eigenvalue weighted by Crippen LogP contribution is -2.48. The SMILES string of the molecule is CS(=O)(=O)CCN1CCN(c2nc(-c3ccnc(N)c3)nc3cncc(C4CC4)c23)CC1. The lowest BCUT2D eigenvalue weighted by atomic mass is 10.1. The number of rotatable bonds is 6. The van der Waals surface area contributed by atoms with Crippen LogP contribution >= 0.6 is 0 Å². The zero-order valence-corrected chi connectivity index (χ0v) is 18.9. The van der Waals surface area contributed by atoms with Crippen LogP contribution in [0.25, 0.3) is 22.3 Å². The second-order valence-electron chi connectivity index (χ2n) is 8.70. The largest absolute Gasteiger partial charge is 0.384 e. The summed E-state index contributed by atoms with van der Waals surface area (Å²) in [5.74, 6) is 2.67. The molecule has 3 aromatic heterocycles. The number of sulfone groups is 1. The normalized spacial score (nSPS) is 17.7. The highest BCUT2D eigenvalue weighted by atomic mass is 32.2. The first-order valence-electron chi connectivity index (χ1n) is 10.9. The van der Waals surface area contributed by atoms with Crippen LogP contribution in [0.2, 0.25) is 0 Å². The molecule has 5 rings (SSSR count). The van der Waals surface area contributed by atoms with E-state index in [1.165, 1.54) is 24.7 Å². The number of fused-ring (bicyclic) bond motifs is 1. The molecule has 1 aliphatic heterocycles. The number of nitrogen functional groups attached to an aromatic ring is 1. The number of aromatic nitrogens is 4. The molecule has 0 bridgehead atoms. The van der Waals surface area contributed by atoms with Gasteiger partial charge in [-0.05, 0) is 36.5 Å². The minimum atomic E-state index is -2.96. The summed E-state index contributed by atoms with van der Waals surface area (Å²) in [4.78, 5) is 22.9. The van der Waals surface area contributed by atoms with Gasteiger partial charge in [0.05, 0.1) is 17.5 Å².